The number of halogens is 3. The number of hydrogen-bond donors (Lipinski definition) is 1. The summed E-state index contributed by atoms with van der Waals surface area (Å²) < 4.78 is 29.6. The van der Waals surface area contributed by atoms with Gasteiger partial charge in [0.05, 0.1) is 15.6 Å². The highest BCUT2D eigenvalue weighted by Crippen LogP contribution is 2.33. The number of carbonyl (C=O) groups excluding carboxylic acids is 2. The first kappa shape index (κ1) is 31.9. The lowest BCUT2D eigenvalue weighted by atomic mass is 10.1. The van der Waals surface area contributed by atoms with E-state index < -0.39 is 28.5 Å². The number of rotatable bonds is 11. The molecule has 2 amide bonds. The summed E-state index contributed by atoms with van der Waals surface area (Å²) in [7, 11) is -4.25. The van der Waals surface area contributed by atoms with Crippen LogP contribution in [-0.2, 0) is 26.2 Å². The normalized spacial score (nSPS) is 12.9. The van der Waals surface area contributed by atoms with Gasteiger partial charge >= 0.3 is 0 Å². The molecule has 0 unspecified atom stereocenters. The highest BCUT2D eigenvalue weighted by atomic mass is 79.9. The summed E-state index contributed by atoms with van der Waals surface area (Å²) in [5.74, 6) is -0.921. The number of sulfonamides is 1. The molecule has 0 saturated heterocycles. The lowest BCUT2D eigenvalue weighted by Gasteiger charge is -2.32. The third-order valence-electron chi connectivity index (χ3n) is 6.50. The molecule has 0 radical (unpaired) electrons. The van der Waals surface area contributed by atoms with E-state index in [2.05, 4.69) is 21.2 Å². The molecule has 7 nitrogen and oxygen atoms in total. The number of nitrogens with one attached hydrogen (secondary N) is 1. The molecule has 0 aliphatic rings. The predicted octanol–water partition coefficient (Wildman–Crippen LogP) is 6.59. The van der Waals surface area contributed by atoms with Crippen LogP contribution in [0, 0.1) is 6.92 Å². The third-order valence-corrected chi connectivity index (χ3v) is 9.36. The molecule has 3 rings (SSSR count). The van der Waals surface area contributed by atoms with Gasteiger partial charge < -0.3 is 10.2 Å². The minimum atomic E-state index is -4.25. The van der Waals surface area contributed by atoms with Gasteiger partial charge in [0.15, 0.2) is 0 Å². The van der Waals surface area contributed by atoms with E-state index in [1.807, 2.05) is 45.0 Å². The van der Waals surface area contributed by atoms with Crippen molar-refractivity contribution in [3.63, 3.8) is 0 Å². The maximum atomic E-state index is 14.0. The topological polar surface area (TPSA) is 86.8 Å². The van der Waals surface area contributed by atoms with Gasteiger partial charge in [-0.3, -0.25) is 13.9 Å². The maximum absolute atomic E-state index is 14.0. The molecule has 0 saturated carbocycles. The molecule has 2 atom stereocenters. The van der Waals surface area contributed by atoms with Crippen LogP contribution in [0.3, 0.4) is 0 Å². The number of carbonyl (C=O) groups is 2. The Hall–Kier alpha value is -2.59. The summed E-state index contributed by atoms with van der Waals surface area (Å²) in [5, 5.41) is 3.27. The quantitative estimate of drug-likeness (QED) is 0.250. The Morgan fingerprint density at radius 3 is 2.20 bits per heavy atom. The van der Waals surface area contributed by atoms with Gasteiger partial charge in [-0.25, -0.2) is 8.42 Å². The minimum absolute atomic E-state index is 0.0102. The Labute approximate surface area is 254 Å². The first-order chi connectivity index (χ1) is 18.8. The average molecular weight is 669 g/mol. The fourth-order valence-electron chi connectivity index (χ4n) is 3.86. The molecular weight excluding hydrogens is 637 g/mol. The summed E-state index contributed by atoms with van der Waals surface area (Å²) >= 11 is 16.1. The number of hydrogen-bond acceptors (Lipinski definition) is 4. The molecule has 40 heavy (non-hydrogen) atoms. The van der Waals surface area contributed by atoms with Crippen molar-refractivity contribution < 1.29 is 18.0 Å². The van der Waals surface area contributed by atoms with Crippen LogP contribution in [0.4, 0.5) is 5.69 Å². The molecule has 1 N–H and O–H groups in total. The van der Waals surface area contributed by atoms with E-state index in [1.165, 1.54) is 35.2 Å². The summed E-state index contributed by atoms with van der Waals surface area (Å²) in [4.78, 5) is 28.5. The number of nitrogens with zero attached hydrogens (tertiary/aromatic N) is 2. The van der Waals surface area contributed by atoms with Crippen LogP contribution in [0.25, 0.3) is 0 Å². The average Bonchev–Trinajstić information content (AvgIpc) is 2.92. The standard InChI is InChI=1S/C29H32BrCl2N3O4S/c1-5-20(3)33-29(37)21(4)34(17-22-8-10-23(30)11-9-22)28(36)18-35(27-16-24(31)12-15-26(27)32)40(38,39)25-13-6-19(2)7-14-25/h6-16,20-21H,5,17-18H2,1-4H3,(H,33,37)/t20-,21-/m0/s1. The molecule has 0 aliphatic heterocycles. The monoisotopic (exact) mass is 667 g/mol. The smallest absolute Gasteiger partial charge is 0.264 e. The van der Waals surface area contributed by atoms with Crippen LogP contribution in [0.1, 0.15) is 38.3 Å². The van der Waals surface area contributed by atoms with Crippen LogP contribution in [0.15, 0.2) is 76.1 Å². The summed E-state index contributed by atoms with van der Waals surface area (Å²) in [6.45, 7) is 6.78. The first-order valence-corrected chi connectivity index (χ1v) is 15.7. The molecule has 0 heterocycles. The lowest BCUT2D eigenvalue weighted by Crippen LogP contribution is -2.52. The second kappa shape index (κ2) is 13.9. The molecular formula is C29H32BrCl2N3O4S. The van der Waals surface area contributed by atoms with Crippen LogP contribution in [0.5, 0.6) is 0 Å². The Balaban J connectivity index is 2.06. The van der Waals surface area contributed by atoms with Crippen molar-refractivity contribution in [3.8, 4) is 0 Å². The summed E-state index contributed by atoms with van der Waals surface area (Å²) in [6, 6.07) is 17.1. The van der Waals surface area contributed by atoms with E-state index in [0.29, 0.717) is 0 Å². The summed E-state index contributed by atoms with van der Waals surface area (Å²) in [6.07, 6.45) is 0.717. The first-order valence-electron chi connectivity index (χ1n) is 12.7. The van der Waals surface area contributed by atoms with Gasteiger partial charge in [-0.2, -0.15) is 0 Å². The van der Waals surface area contributed by atoms with E-state index in [9.17, 15) is 18.0 Å². The van der Waals surface area contributed by atoms with Gasteiger partial charge in [0.25, 0.3) is 10.0 Å². The molecule has 11 heteroatoms. The van der Waals surface area contributed by atoms with E-state index in [4.69, 9.17) is 23.2 Å². The minimum Gasteiger partial charge on any atom is -0.352 e. The van der Waals surface area contributed by atoms with Gasteiger partial charge in [0.2, 0.25) is 11.8 Å². The fraction of sp³-hybridized carbons (Fsp3) is 0.310. The van der Waals surface area contributed by atoms with E-state index in [-0.39, 0.29) is 39.1 Å². The number of aryl methyl sites for hydroxylation is 1. The highest BCUT2D eigenvalue weighted by molar-refractivity contribution is 9.10. The Morgan fingerprint density at radius 2 is 1.60 bits per heavy atom. The van der Waals surface area contributed by atoms with Crippen LogP contribution in [-0.4, -0.2) is 43.8 Å². The van der Waals surface area contributed by atoms with Crippen molar-refractivity contribution in [2.24, 2.45) is 0 Å². The van der Waals surface area contributed by atoms with E-state index in [1.54, 1.807) is 19.1 Å². The van der Waals surface area contributed by atoms with Crippen molar-refractivity contribution in [3.05, 3.63) is 92.4 Å². The number of amides is 2. The zero-order valence-electron chi connectivity index (χ0n) is 22.7. The van der Waals surface area contributed by atoms with Crippen molar-refractivity contribution in [2.75, 3.05) is 10.8 Å². The molecule has 214 valence electrons. The summed E-state index contributed by atoms with van der Waals surface area (Å²) in [5.41, 5.74) is 1.71. The van der Waals surface area contributed by atoms with Gasteiger partial charge in [-0.1, -0.05) is 75.9 Å². The molecule has 3 aromatic rings. The van der Waals surface area contributed by atoms with Crippen molar-refractivity contribution >= 4 is 66.7 Å². The second-order valence-electron chi connectivity index (χ2n) is 9.56. The Bertz CT molecular complexity index is 1450. The SMILES string of the molecule is CC[C@H](C)NC(=O)[C@H](C)N(Cc1ccc(Br)cc1)C(=O)CN(c1cc(Cl)ccc1Cl)S(=O)(=O)c1ccc(C)cc1. The van der Waals surface area contributed by atoms with Crippen LogP contribution in [0.2, 0.25) is 10.0 Å². The van der Waals surface area contributed by atoms with E-state index >= 15 is 0 Å². The van der Waals surface area contributed by atoms with Gasteiger partial charge in [-0.15, -0.1) is 0 Å². The Morgan fingerprint density at radius 1 is 0.975 bits per heavy atom. The van der Waals surface area contributed by atoms with E-state index in [0.717, 1.165) is 26.3 Å². The fourth-order valence-corrected chi connectivity index (χ4v) is 5.99. The molecule has 0 bridgehead atoms. The molecule has 0 aliphatic carbocycles. The Kier molecular flexibility index (Phi) is 11.1. The molecule has 0 spiro atoms. The molecule has 3 aromatic carbocycles. The molecule has 0 aromatic heterocycles. The van der Waals surface area contributed by atoms with Crippen molar-refractivity contribution in [1.29, 1.82) is 0 Å². The maximum Gasteiger partial charge on any atom is 0.264 e. The lowest BCUT2D eigenvalue weighted by molar-refractivity contribution is -0.139. The van der Waals surface area contributed by atoms with Gasteiger partial charge in [-0.05, 0) is 75.2 Å². The van der Waals surface area contributed by atoms with Crippen molar-refractivity contribution in [1.82, 2.24) is 10.2 Å². The highest BCUT2D eigenvalue weighted by Gasteiger charge is 2.33. The van der Waals surface area contributed by atoms with Gasteiger partial charge in [0.1, 0.15) is 12.6 Å². The van der Waals surface area contributed by atoms with Crippen LogP contribution >= 0.6 is 39.1 Å². The number of anilines is 1. The largest absolute Gasteiger partial charge is 0.352 e. The third kappa shape index (κ3) is 8.00. The second-order valence-corrected chi connectivity index (χ2v) is 13.2. The number of benzene rings is 3. The molecule has 0 fully saturated rings. The van der Waals surface area contributed by atoms with Crippen molar-refractivity contribution in [2.45, 2.75) is 57.6 Å². The van der Waals surface area contributed by atoms with Crippen LogP contribution < -0.4 is 9.62 Å². The predicted molar refractivity (Wildman–Crippen MR) is 164 cm³/mol. The zero-order chi connectivity index (χ0) is 29.6. The zero-order valence-corrected chi connectivity index (χ0v) is 26.6. The van der Waals surface area contributed by atoms with Gasteiger partial charge in [0, 0.05) is 22.1 Å².